The first-order valence-electron chi connectivity index (χ1n) is 8.78. The van der Waals surface area contributed by atoms with Gasteiger partial charge in [0.2, 0.25) is 5.91 Å². The summed E-state index contributed by atoms with van der Waals surface area (Å²) in [5.41, 5.74) is -0.0976. The number of hydrogen-bond donors (Lipinski definition) is 0. The molecule has 0 atom stereocenters. The molecular weight excluding hydrogens is 438 g/mol. The third-order valence-electron chi connectivity index (χ3n) is 4.26. The van der Waals surface area contributed by atoms with Crippen LogP contribution in [0.2, 0.25) is 0 Å². The Labute approximate surface area is 179 Å². The van der Waals surface area contributed by atoms with E-state index < -0.39 is 35.5 Å². The number of carbonyl (C=O) groups excluding carboxylic acids is 2. The minimum absolute atomic E-state index is 0.0854. The number of nitro groups is 1. The molecule has 0 N–H and O–H groups in total. The van der Waals surface area contributed by atoms with E-state index in [2.05, 4.69) is 4.74 Å². The molecule has 0 saturated heterocycles. The number of para-hydroxylation sites is 1. The zero-order valence-corrected chi connectivity index (χ0v) is 16.9. The van der Waals surface area contributed by atoms with E-state index >= 15 is 0 Å². The first kappa shape index (κ1) is 22.3. The minimum Gasteiger partial charge on any atom is -0.493 e. The van der Waals surface area contributed by atoms with Gasteiger partial charge in [0.1, 0.15) is 13.2 Å². The minimum atomic E-state index is -3.21. The number of halogens is 2. The number of fused-ring (bicyclic) bond motifs is 1. The Morgan fingerprint density at radius 2 is 2.03 bits per heavy atom. The summed E-state index contributed by atoms with van der Waals surface area (Å²) in [6, 6.07) is 8.92. The predicted octanol–water partition coefficient (Wildman–Crippen LogP) is 3.39. The summed E-state index contributed by atoms with van der Waals surface area (Å²) >= 11 is 1.36. The van der Waals surface area contributed by atoms with Crippen molar-refractivity contribution in [2.75, 3.05) is 24.3 Å². The average molecular weight is 454 g/mol. The van der Waals surface area contributed by atoms with Gasteiger partial charge in [-0.2, -0.15) is 8.78 Å². The summed E-state index contributed by atoms with van der Waals surface area (Å²) in [7, 11) is 1.17. The third-order valence-corrected chi connectivity index (χ3v) is 5.31. The average Bonchev–Trinajstić information content (AvgIpc) is 2.74. The van der Waals surface area contributed by atoms with Crippen molar-refractivity contribution >= 4 is 35.0 Å². The molecule has 0 aliphatic carbocycles. The smallest absolute Gasteiger partial charge is 0.387 e. The number of rotatable bonds is 8. The fourth-order valence-electron chi connectivity index (χ4n) is 2.88. The van der Waals surface area contributed by atoms with Gasteiger partial charge in [-0.1, -0.05) is 12.1 Å². The molecule has 1 aliphatic rings. The van der Waals surface area contributed by atoms with Crippen LogP contribution in [-0.4, -0.2) is 42.8 Å². The van der Waals surface area contributed by atoms with Gasteiger partial charge in [0.25, 0.3) is 5.69 Å². The highest BCUT2D eigenvalue weighted by Crippen LogP contribution is 2.37. The van der Waals surface area contributed by atoms with Gasteiger partial charge in [0.05, 0.1) is 35.1 Å². The zero-order chi connectivity index (χ0) is 22.5. The summed E-state index contributed by atoms with van der Waals surface area (Å²) in [4.78, 5) is 37.2. The van der Waals surface area contributed by atoms with Crippen molar-refractivity contribution in [3.63, 3.8) is 0 Å². The van der Waals surface area contributed by atoms with Crippen LogP contribution in [0.1, 0.15) is 5.56 Å². The number of amides is 1. The summed E-state index contributed by atoms with van der Waals surface area (Å²) in [6.07, 6.45) is 0. The van der Waals surface area contributed by atoms with Gasteiger partial charge in [-0.3, -0.25) is 24.6 Å². The van der Waals surface area contributed by atoms with Crippen molar-refractivity contribution in [1.29, 1.82) is 0 Å². The predicted molar refractivity (Wildman–Crippen MR) is 106 cm³/mol. The Kier molecular flexibility index (Phi) is 6.90. The number of alkyl halides is 2. The van der Waals surface area contributed by atoms with Crippen LogP contribution in [0.4, 0.5) is 20.2 Å². The Bertz CT molecular complexity index is 1020. The van der Waals surface area contributed by atoms with Crippen molar-refractivity contribution in [2.24, 2.45) is 0 Å². The van der Waals surface area contributed by atoms with Gasteiger partial charge in [-0.25, -0.2) is 0 Å². The van der Waals surface area contributed by atoms with Crippen LogP contribution in [0.15, 0.2) is 41.3 Å². The summed E-state index contributed by atoms with van der Waals surface area (Å²) < 4.78 is 39.3. The summed E-state index contributed by atoms with van der Waals surface area (Å²) in [6.45, 7) is -4.12. The van der Waals surface area contributed by atoms with Crippen LogP contribution in [-0.2, 0) is 20.9 Å². The Hall–Kier alpha value is -3.41. The lowest BCUT2D eigenvalue weighted by molar-refractivity contribution is -0.386. The number of ether oxygens (including phenoxy) is 3. The number of nitro benzene ring substituents is 1. The van der Waals surface area contributed by atoms with Gasteiger partial charge in [-0.05, 0) is 18.2 Å². The molecule has 1 aliphatic heterocycles. The molecule has 164 valence electrons. The van der Waals surface area contributed by atoms with Crippen molar-refractivity contribution in [1.82, 2.24) is 0 Å². The van der Waals surface area contributed by atoms with Crippen LogP contribution in [0.5, 0.6) is 11.5 Å². The maximum Gasteiger partial charge on any atom is 0.387 e. The topological polar surface area (TPSA) is 108 Å². The first-order valence-corrected chi connectivity index (χ1v) is 9.76. The summed E-state index contributed by atoms with van der Waals surface area (Å²) in [5, 5.41) is 11.3. The van der Waals surface area contributed by atoms with Crippen LogP contribution >= 0.6 is 11.8 Å². The van der Waals surface area contributed by atoms with Gasteiger partial charge >= 0.3 is 12.6 Å². The van der Waals surface area contributed by atoms with E-state index in [9.17, 15) is 28.5 Å². The maximum atomic E-state index is 12.5. The molecule has 0 aromatic heterocycles. The molecule has 0 fully saturated rings. The standard InChI is InChI=1S/C19H16F2N2O7S/c1-28-14-6-11(13(23(26)27)7-15(14)30-19(20)21)9-29-18(25)8-22-12-4-2-3-5-16(12)31-10-17(22)24/h2-7,19H,8-10H2,1H3. The number of anilines is 1. The van der Waals surface area contributed by atoms with Gasteiger partial charge in [-0.15, -0.1) is 11.8 Å². The Balaban J connectivity index is 1.75. The van der Waals surface area contributed by atoms with E-state index in [1.54, 1.807) is 12.1 Å². The molecule has 1 amide bonds. The van der Waals surface area contributed by atoms with Crippen molar-refractivity contribution in [2.45, 2.75) is 18.1 Å². The quantitative estimate of drug-likeness (QED) is 0.339. The van der Waals surface area contributed by atoms with Crippen molar-refractivity contribution < 1.29 is 37.5 Å². The lowest BCUT2D eigenvalue weighted by Crippen LogP contribution is -2.39. The fourth-order valence-corrected chi connectivity index (χ4v) is 3.82. The van der Waals surface area contributed by atoms with E-state index in [0.29, 0.717) is 5.69 Å². The number of carbonyl (C=O) groups is 2. The van der Waals surface area contributed by atoms with E-state index in [1.807, 2.05) is 12.1 Å². The van der Waals surface area contributed by atoms with Crippen LogP contribution < -0.4 is 14.4 Å². The number of nitrogens with zero attached hydrogens (tertiary/aromatic N) is 2. The normalized spacial score (nSPS) is 13.0. The lowest BCUT2D eigenvalue weighted by Gasteiger charge is -2.27. The highest BCUT2D eigenvalue weighted by atomic mass is 32.2. The largest absolute Gasteiger partial charge is 0.493 e. The SMILES string of the molecule is COc1cc(COC(=O)CN2C(=O)CSc3ccccc32)c([N+](=O)[O-])cc1OC(F)F. The molecule has 31 heavy (non-hydrogen) atoms. The molecule has 0 spiro atoms. The van der Waals surface area contributed by atoms with Crippen molar-refractivity contribution in [3.8, 4) is 11.5 Å². The second-order valence-corrected chi connectivity index (χ2v) is 7.18. The second-order valence-electron chi connectivity index (χ2n) is 6.16. The molecule has 12 heteroatoms. The van der Waals surface area contributed by atoms with E-state index in [0.717, 1.165) is 17.0 Å². The number of hydrogen-bond acceptors (Lipinski definition) is 8. The number of benzene rings is 2. The molecule has 3 rings (SSSR count). The molecular formula is C19H16F2N2O7S. The number of methoxy groups -OCH3 is 1. The zero-order valence-electron chi connectivity index (χ0n) is 16.1. The fraction of sp³-hybridized carbons (Fsp3) is 0.263. The monoisotopic (exact) mass is 454 g/mol. The molecule has 0 bridgehead atoms. The second kappa shape index (κ2) is 9.60. The van der Waals surface area contributed by atoms with Gasteiger partial charge in [0.15, 0.2) is 11.5 Å². The highest BCUT2D eigenvalue weighted by molar-refractivity contribution is 8.00. The Morgan fingerprint density at radius 3 is 2.71 bits per heavy atom. The van der Waals surface area contributed by atoms with Crippen LogP contribution in [0, 0.1) is 10.1 Å². The van der Waals surface area contributed by atoms with E-state index in [1.165, 1.54) is 23.8 Å². The summed E-state index contributed by atoms with van der Waals surface area (Å²) in [5.74, 6) is -1.61. The van der Waals surface area contributed by atoms with Gasteiger partial charge in [0, 0.05) is 4.90 Å². The lowest BCUT2D eigenvalue weighted by atomic mass is 10.1. The van der Waals surface area contributed by atoms with E-state index in [-0.39, 0.29) is 29.5 Å². The highest BCUT2D eigenvalue weighted by Gasteiger charge is 2.28. The number of esters is 1. The Morgan fingerprint density at radius 1 is 1.29 bits per heavy atom. The van der Waals surface area contributed by atoms with Crippen LogP contribution in [0.25, 0.3) is 0 Å². The molecule has 0 radical (unpaired) electrons. The molecule has 1 heterocycles. The maximum absolute atomic E-state index is 12.5. The molecule has 2 aromatic carbocycles. The molecule has 2 aromatic rings. The molecule has 9 nitrogen and oxygen atoms in total. The van der Waals surface area contributed by atoms with Crippen molar-refractivity contribution in [3.05, 3.63) is 52.1 Å². The van der Waals surface area contributed by atoms with Gasteiger partial charge < -0.3 is 14.2 Å². The third kappa shape index (κ3) is 5.20. The molecule has 0 unspecified atom stereocenters. The van der Waals surface area contributed by atoms with E-state index in [4.69, 9.17) is 9.47 Å². The molecule has 0 saturated carbocycles. The first-order chi connectivity index (χ1) is 14.8. The number of thioether (sulfide) groups is 1. The van der Waals surface area contributed by atoms with Crippen LogP contribution in [0.3, 0.4) is 0 Å².